The minimum atomic E-state index is -0.539. The molecule has 124 valence electrons. The number of nitrogens with zero attached hydrogens (tertiary/aromatic N) is 1. The molecule has 0 fully saturated rings. The third kappa shape index (κ3) is 5.03. The molecule has 25 heavy (non-hydrogen) atoms. The van der Waals surface area contributed by atoms with Crippen LogP contribution in [0.25, 0.3) is 0 Å². The van der Waals surface area contributed by atoms with Gasteiger partial charge in [0.1, 0.15) is 0 Å². The molecule has 2 aromatic carbocycles. The van der Waals surface area contributed by atoms with E-state index in [1.807, 2.05) is 18.4 Å². The molecular formula is C21H20N3P. The Kier molecular flexibility index (Phi) is 6.38. The summed E-state index contributed by atoms with van der Waals surface area (Å²) in [5.41, 5.74) is 1.25. The van der Waals surface area contributed by atoms with Gasteiger partial charge in [0.05, 0.1) is 6.33 Å². The predicted octanol–water partition coefficient (Wildman–Crippen LogP) is 4.04. The molecular weight excluding hydrogens is 325 g/mol. The molecule has 0 aliphatic carbocycles. The Labute approximate surface area is 149 Å². The summed E-state index contributed by atoms with van der Waals surface area (Å²) in [6, 6.07) is 21.4. The van der Waals surface area contributed by atoms with Crippen molar-refractivity contribution in [3.8, 4) is 0 Å². The molecule has 3 aromatic rings. The van der Waals surface area contributed by atoms with E-state index < -0.39 is 7.92 Å². The van der Waals surface area contributed by atoms with Crippen molar-refractivity contribution in [2.45, 2.75) is 0 Å². The first-order chi connectivity index (χ1) is 12.4. The number of hydrogen-bond donors (Lipinski definition) is 2. The van der Waals surface area contributed by atoms with Crippen molar-refractivity contribution >= 4 is 18.5 Å². The summed E-state index contributed by atoms with van der Waals surface area (Å²) in [4.78, 5) is 6.42. The van der Waals surface area contributed by atoms with E-state index in [9.17, 15) is 0 Å². The largest absolute Gasteiger partial charge is 0.361 e. The lowest BCUT2D eigenvalue weighted by atomic mass is 10.4. The number of benzene rings is 2. The van der Waals surface area contributed by atoms with Gasteiger partial charge in [-0.25, -0.2) is 4.98 Å². The Balaban J connectivity index is 0.000000314. The van der Waals surface area contributed by atoms with E-state index in [1.54, 1.807) is 18.7 Å². The molecule has 2 heterocycles. The van der Waals surface area contributed by atoms with Crippen molar-refractivity contribution in [1.82, 2.24) is 15.3 Å². The van der Waals surface area contributed by atoms with Crippen LogP contribution < -0.4 is 15.9 Å². The lowest BCUT2D eigenvalue weighted by Gasteiger charge is -2.21. The zero-order valence-corrected chi connectivity index (χ0v) is 14.7. The molecule has 1 aliphatic heterocycles. The number of nitrogens with one attached hydrogen (secondary N) is 2. The molecule has 0 saturated carbocycles. The SMILES string of the molecule is C1=CC=C(P(c2ccccc2)c2ccccc2)NC=C1.c1c[nH]cn1. The number of aromatic nitrogens is 2. The topological polar surface area (TPSA) is 40.7 Å². The van der Waals surface area contributed by atoms with E-state index in [1.165, 1.54) is 16.0 Å². The summed E-state index contributed by atoms with van der Waals surface area (Å²) < 4.78 is 0. The van der Waals surface area contributed by atoms with Gasteiger partial charge in [-0.15, -0.1) is 0 Å². The molecule has 4 rings (SSSR count). The summed E-state index contributed by atoms with van der Waals surface area (Å²) >= 11 is 0. The second-order valence-electron chi connectivity index (χ2n) is 5.21. The number of H-pyrrole nitrogens is 1. The maximum Gasteiger partial charge on any atom is 0.0919 e. The molecule has 1 aliphatic rings. The highest BCUT2D eigenvalue weighted by Crippen LogP contribution is 2.41. The number of aromatic amines is 1. The second-order valence-corrected chi connectivity index (χ2v) is 7.39. The molecule has 0 bridgehead atoms. The third-order valence-electron chi connectivity index (χ3n) is 3.48. The molecule has 2 N–H and O–H groups in total. The van der Waals surface area contributed by atoms with Crippen molar-refractivity contribution in [3.05, 3.63) is 115 Å². The van der Waals surface area contributed by atoms with Gasteiger partial charge in [-0.3, -0.25) is 0 Å². The maximum absolute atomic E-state index is 3.67. The van der Waals surface area contributed by atoms with E-state index in [0.717, 1.165) is 0 Å². The van der Waals surface area contributed by atoms with Gasteiger partial charge >= 0.3 is 0 Å². The molecule has 0 radical (unpaired) electrons. The van der Waals surface area contributed by atoms with E-state index in [0.29, 0.717) is 0 Å². The monoisotopic (exact) mass is 345 g/mol. The standard InChI is InChI=1S/C18H16NP.C3H4N2/c1-4-10-16(11-5-1)20(17-12-6-2-7-13-17)18-14-8-3-9-15-19-18;1-2-5-3-4-1/h1-15,19H;1-3H,(H,4,5). The second kappa shape index (κ2) is 9.41. The molecule has 0 atom stereocenters. The van der Waals surface area contributed by atoms with Gasteiger partial charge in [-0.2, -0.15) is 0 Å². The van der Waals surface area contributed by atoms with Crippen LogP contribution in [0.15, 0.2) is 115 Å². The van der Waals surface area contributed by atoms with Crippen molar-refractivity contribution in [1.29, 1.82) is 0 Å². The highest BCUT2D eigenvalue weighted by atomic mass is 31.1. The summed E-state index contributed by atoms with van der Waals surface area (Å²) in [6.07, 6.45) is 15.4. The van der Waals surface area contributed by atoms with Crippen LogP contribution in [0, 0.1) is 0 Å². The van der Waals surface area contributed by atoms with Crippen LogP contribution in [0.4, 0.5) is 0 Å². The van der Waals surface area contributed by atoms with Crippen LogP contribution in [0.2, 0.25) is 0 Å². The van der Waals surface area contributed by atoms with Gasteiger partial charge in [0, 0.05) is 32.0 Å². The van der Waals surface area contributed by atoms with Crippen LogP contribution in [0.1, 0.15) is 0 Å². The molecule has 1 aromatic heterocycles. The van der Waals surface area contributed by atoms with E-state index in [4.69, 9.17) is 0 Å². The maximum atomic E-state index is 3.67. The van der Waals surface area contributed by atoms with Gasteiger partial charge < -0.3 is 10.3 Å². The first-order valence-electron chi connectivity index (χ1n) is 8.08. The Bertz CT molecular complexity index is 765. The quantitative estimate of drug-likeness (QED) is 0.703. The van der Waals surface area contributed by atoms with E-state index in [-0.39, 0.29) is 0 Å². The van der Waals surface area contributed by atoms with Crippen molar-refractivity contribution in [2.24, 2.45) is 0 Å². The fraction of sp³-hybridized carbons (Fsp3) is 0. The Morgan fingerprint density at radius 2 is 1.44 bits per heavy atom. The van der Waals surface area contributed by atoms with E-state index in [2.05, 4.69) is 88.1 Å². The van der Waals surface area contributed by atoms with Crippen LogP contribution in [0.5, 0.6) is 0 Å². The van der Waals surface area contributed by atoms with Crippen LogP contribution in [0.3, 0.4) is 0 Å². The minimum Gasteiger partial charge on any atom is -0.361 e. The number of imidazole rings is 1. The summed E-state index contributed by atoms with van der Waals surface area (Å²) in [6.45, 7) is 0. The summed E-state index contributed by atoms with van der Waals surface area (Å²) in [7, 11) is -0.539. The van der Waals surface area contributed by atoms with Crippen LogP contribution in [-0.2, 0) is 0 Å². The third-order valence-corrected chi connectivity index (χ3v) is 5.87. The van der Waals surface area contributed by atoms with Crippen LogP contribution in [-0.4, -0.2) is 9.97 Å². The number of rotatable bonds is 3. The first kappa shape index (κ1) is 16.9. The highest BCUT2D eigenvalue weighted by molar-refractivity contribution is 7.76. The smallest absolute Gasteiger partial charge is 0.0919 e. The predicted molar refractivity (Wildman–Crippen MR) is 107 cm³/mol. The fourth-order valence-electron chi connectivity index (χ4n) is 2.38. The van der Waals surface area contributed by atoms with Gasteiger partial charge in [0.2, 0.25) is 0 Å². The van der Waals surface area contributed by atoms with Crippen molar-refractivity contribution in [3.63, 3.8) is 0 Å². The molecule has 0 unspecified atom stereocenters. The van der Waals surface area contributed by atoms with Crippen molar-refractivity contribution < 1.29 is 0 Å². The Morgan fingerprint density at radius 3 is 1.96 bits per heavy atom. The molecule has 0 amide bonds. The van der Waals surface area contributed by atoms with Crippen LogP contribution >= 0.6 is 7.92 Å². The normalized spacial score (nSPS) is 12.6. The minimum absolute atomic E-state index is 0.539. The lowest BCUT2D eigenvalue weighted by molar-refractivity contribution is 1.17. The van der Waals surface area contributed by atoms with Gasteiger partial charge in [0.25, 0.3) is 0 Å². The Hall–Kier alpha value is -2.90. The van der Waals surface area contributed by atoms with Gasteiger partial charge in [-0.1, -0.05) is 72.8 Å². The highest BCUT2D eigenvalue weighted by Gasteiger charge is 2.17. The Morgan fingerprint density at radius 1 is 0.760 bits per heavy atom. The van der Waals surface area contributed by atoms with E-state index >= 15 is 0 Å². The zero-order chi connectivity index (χ0) is 17.2. The van der Waals surface area contributed by atoms with Crippen molar-refractivity contribution in [2.75, 3.05) is 0 Å². The summed E-state index contributed by atoms with van der Waals surface area (Å²) in [5, 5.41) is 6.14. The van der Waals surface area contributed by atoms with Gasteiger partial charge in [0.15, 0.2) is 0 Å². The molecule has 4 heteroatoms. The van der Waals surface area contributed by atoms with Gasteiger partial charge in [-0.05, 0) is 22.8 Å². The average Bonchev–Trinajstić information content (AvgIpc) is 3.16. The number of allylic oxidation sites excluding steroid dienone is 4. The molecule has 3 nitrogen and oxygen atoms in total. The fourth-order valence-corrected chi connectivity index (χ4v) is 4.62. The lowest BCUT2D eigenvalue weighted by Crippen LogP contribution is -2.18. The average molecular weight is 345 g/mol. The molecule has 0 spiro atoms. The zero-order valence-electron chi connectivity index (χ0n) is 13.8. The first-order valence-corrected chi connectivity index (χ1v) is 9.42. The molecule has 0 saturated heterocycles. The summed E-state index contributed by atoms with van der Waals surface area (Å²) in [5.74, 6) is 0. The number of hydrogen-bond acceptors (Lipinski definition) is 2.